The van der Waals surface area contributed by atoms with Gasteiger partial charge >= 0.3 is 0 Å². The van der Waals surface area contributed by atoms with Gasteiger partial charge < -0.3 is 4.52 Å². The van der Waals surface area contributed by atoms with Crippen molar-refractivity contribution in [3.8, 4) is 11.1 Å². The van der Waals surface area contributed by atoms with E-state index < -0.39 is 0 Å². The lowest BCUT2D eigenvalue weighted by Gasteiger charge is -2.18. The predicted molar refractivity (Wildman–Crippen MR) is 105 cm³/mol. The maximum absolute atomic E-state index is 14.1. The van der Waals surface area contributed by atoms with Gasteiger partial charge in [-0.15, -0.1) is 0 Å². The normalized spacial score (nSPS) is 11.1. The fourth-order valence-corrected chi connectivity index (χ4v) is 3.57. The second-order valence-electron chi connectivity index (χ2n) is 6.77. The summed E-state index contributed by atoms with van der Waals surface area (Å²) in [5.74, 6) is 0.342. The molecule has 0 radical (unpaired) electrons. The largest absolute Gasteiger partial charge is 0.361 e. The molecule has 0 bridgehead atoms. The van der Waals surface area contributed by atoms with E-state index in [1.165, 1.54) is 6.07 Å². The zero-order chi connectivity index (χ0) is 19.5. The minimum Gasteiger partial charge on any atom is -0.361 e. The van der Waals surface area contributed by atoms with E-state index in [9.17, 15) is 4.39 Å². The van der Waals surface area contributed by atoms with Gasteiger partial charge in [-0.1, -0.05) is 23.4 Å². The Bertz CT molecular complexity index is 1020. The number of aryl methyl sites for hydroxylation is 2. The molecule has 1 aromatic carbocycles. The maximum atomic E-state index is 14.1. The lowest BCUT2D eigenvalue weighted by molar-refractivity contribution is 0.393. The zero-order valence-corrected chi connectivity index (χ0v) is 15.8. The lowest BCUT2D eigenvalue weighted by atomic mass is 9.87. The zero-order valence-electron chi connectivity index (χ0n) is 15.8. The van der Waals surface area contributed by atoms with Crippen molar-refractivity contribution >= 4 is 0 Å². The molecular formula is C23H20FN3O. The van der Waals surface area contributed by atoms with Gasteiger partial charge in [0.2, 0.25) is 0 Å². The Morgan fingerprint density at radius 2 is 1.61 bits per heavy atom. The molecule has 3 aromatic heterocycles. The summed E-state index contributed by atoms with van der Waals surface area (Å²) >= 11 is 0. The third-order valence-corrected chi connectivity index (χ3v) is 4.89. The van der Waals surface area contributed by atoms with E-state index in [1.807, 2.05) is 56.3 Å². The molecule has 0 fully saturated rings. The van der Waals surface area contributed by atoms with Gasteiger partial charge in [-0.05, 0) is 67.8 Å². The van der Waals surface area contributed by atoms with Gasteiger partial charge in [-0.3, -0.25) is 9.97 Å². The summed E-state index contributed by atoms with van der Waals surface area (Å²) < 4.78 is 19.4. The van der Waals surface area contributed by atoms with Crippen LogP contribution in [0.3, 0.4) is 0 Å². The van der Waals surface area contributed by atoms with Crippen molar-refractivity contribution in [1.29, 1.82) is 0 Å². The van der Waals surface area contributed by atoms with Gasteiger partial charge in [-0.25, -0.2) is 4.39 Å². The average Bonchev–Trinajstić information content (AvgIpc) is 3.06. The number of halogens is 1. The van der Waals surface area contributed by atoms with Crippen LogP contribution in [0.25, 0.3) is 11.1 Å². The Hall–Kier alpha value is -3.34. The molecule has 0 aliphatic rings. The molecule has 0 amide bonds. The Labute approximate surface area is 163 Å². The first kappa shape index (κ1) is 18.0. The minimum atomic E-state index is -0.286. The third kappa shape index (κ3) is 3.56. The molecule has 0 unspecified atom stereocenters. The molecule has 0 saturated carbocycles. The fourth-order valence-electron chi connectivity index (χ4n) is 3.57. The van der Waals surface area contributed by atoms with Crippen molar-refractivity contribution in [3.63, 3.8) is 0 Å². The molecule has 5 heteroatoms. The second-order valence-corrected chi connectivity index (χ2v) is 6.77. The number of pyridine rings is 2. The number of hydrogen-bond acceptors (Lipinski definition) is 4. The molecule has 0 saturated heterocycles. The molecule has 28 heavy (non-hydrogen) atoms. The second kappa shape index (κ2) is 7.72. The van der Waals surface area contributed by atoms with Gasteiger partial charge in [-0.2, -0.15) is 0 Å². The van der Waals surface area contributed by atoms with Crippen molar-refractivity contribution in [2.24, 2.45) is 0 Å². The van der Waals surface area contributed by atoms with Crippen LogP contribution in [0, 0.1) is 19.7 Å². The van der Waals surface area contributed by atoms with Gasteiger partial charge in [0.25, 0.3) is 0 Å². The van der Waals surface area contributed by atoms with E-state index >= 15 is 0 Å². The molecule has 0 spiro atoms. The van der Waals surface area contributed by atoms with Crippen LogP contribution in [0.5, 0.6) is 0 Å². The molecule has 140 valence electrons. The summed E-state index contributed by atoms with van der Waals surface area (Å²) in [5, 5.41) is 4.04. The van der Waals surface area contributed by atoms with Gasteiger partial charge in [0.1, 0.15) is 11.6 Å². The van der Waals surface area contributed by atoms with Crippen LogP contribution < -0.4 is 0 Å². The van der Waals surface area contributed by atoms with Crippen molar-refractivity contribution < 1.29 is 8.91 Å². The van der Waals surface area contributed by atoms with Crippen LogP contribution in [0.2, 0.25) is 0 Å². The van der Waals surface area contributed by atoms with E-state index in [-0.39, 0.29) is 11.7 Å². The van der Waals surface area contributed by atoms with E-state index in [1.54, 1.807) is 18.5 Å². The first-order valence-corrected chi connectivity index (χ1v) is 9.17. The highest BCUT2D eigenvalue weighted by molar-refractivity contribution is 5.71. The van der Waals surface area contributed by atoms with Crippen molar-refractivity contribution in [2.45, 2.75) is 26.2 Å². The van der Waals surface area contributed by atoms with Crippen LogP contribution in [0.1, 0.15) is 34.3 Å². The number of hydrogen-bond donors (Lipinski definition) is 0. The molecule has 3 heterocycles. The molecule has 0 N–H and O–H groups in total. The van der Waals surface area contributed by atoms with E-state index in [4.69, 9.17) is 4.52 Å². The molecule has 0 aliphatic carbocycles. The number of rotatable bonds is 5. The summed E-state index contributed by atoms with van der Waals surface area (Å²) in [6.07, 6.45) is 4.20. The quantitative estimate of drug-likeness (QED) is 0.479. The summed E-state index contributed by atoms with van der Waals surface area (Å²) in [4.78, 5) is 9.10. The Morgan fingerprint density at radius 3 is 2.14 bits per heavy atom. The average molecular weight is 373 g/mol. The van der Waals surface area contributed by atoms with Gasteiger partial charge in [0, 0.05) is 35.3 Å². The van der Waals surface area contributed by atoms with Gasteiger partial charge in [0.05, 0.1) is 5.69 Å². The topological polar surface area (TPSA) is 51.8 Å². The summed E-state index contributed by atoms with van der Waals surface area (Å²) in [6.45, 7) is 3.72. The molecule has 4 rings (SSSR count). The van der Waals surface area contributed by atoms with Crippen LogP contribution in [0.4, 0.5) is 4.39 Å². The SMILES string of the molecule is Cc1noc(C)c1-c1cc(F)ccc1CC(c1ccccn1)c1ccccn1. The molecule has 0 atom stereocenters. The van der Waals surface area contributed by atoms with E-state index in [0.717, 1.165) is 33.8 Å². The molecular weight excluding hydrogens is 353 g/mol. The predicted octanol–water partition coefficient (Wildman–Crippen LogP) is 5.26. The van der Waals surface area contributed by atoms with Gasteiger partial charge in [0.15, 0.2) is 0 Å². The first-order valence-electron chi connectivity index (χ1n) is 9.17. The van der Waals surface area contributed by atoms with Crippen LogP contribution >= 0.6 is 0 Å². The molecule has 4 aromatic rings. The third-order valence-electron chi connectivity index (χ3n) is 4.89. The number of benzene rings is 1. The number of aromatic nitrogens is 3. The van der Waals surface area contributed by atoms with Crippen molar-refractivity contribution in [2.75, 3.05) is 0 Å². The van der Waals surface area contributed by atoms with E-state index in [2.05, 4.69) is 15.1 Å². The Balaban J connectivity index is 1.82. The highest BCUT2D eigenvalue weighted by Gasteiger charge is 2.22. The monoisotopic (exact) mass is 373 g/mol. The number of nitrogens with zero attached hydrogens (tertiary/aromatic N) is 3. The standard InChI is InChI=1S/C23H20FN3O/c1-15-23(16(2)28-27-15)19-14-18(24)10-9-17(19)13-20(21-7-3-5-11-25-21)22-8-4-6-12-26-22/h3-12,14,20H,13H2,1-2H3. The minimum absolute atomic E-state index is 0.0490. The first-order chi connectivity index (χ1) is 13.6. The lowest BCUT2D eigenvalue weighted by Crippen LogP contribution is -2.09. The van der Waals surface area contributed by atoms with Crippen molar-refractivity contribution in [1.82, 2.24) is 15.1 Å². The van der Waals surface area contributed by atoms with Crippen molar-refractivity contribution in [3.05, 3.63) is 101 Å². The van der Waals surface area contributed by atoms with Crippen LogP contribution in [-0.2, 0) is 6.42 Å². The highest BCUT2D eigenvalue weighted by atomic mass is 19.1. The molecule has 0 aliphatic heterocycles. The highest BCUT2D eigenvalue weighted by Crippen LogP contribution is 2.34. The van der Waals surface area contributed by atoms with Crippen LogP contribution in [0.15, 0.2) is 71.5 Å². The fraction of sp³-hybridized carbons (Fsp3) is 0.174. The van der Waals surface area contributed by atoms with E-state index in [0.29, 0.717) is 12.2 Å². The molecule has 4 nitrogen and oxygen atoms in total. The summed E-state index contributed by atoms with van der Waals surface area (Å²) in [7, 11) is 0. The van der Waals surface area contributed by atoms with Crippen LogP contribution in [-0.4, -0.2) is 15.1 Å². The Morgan fingerprint density at radius 1 is 0.929 bits per heavy atom. The Kier molecular flexibility index (Phi) is 4.98. The summed E-state index contributed by atoms with van der Waals surface area (Å²) in [6, 6.07) is 16.6. The summed E-state index contributed by atoms with van der Waals surface area (Å²) in [5.41, 5.74) is 5.24. The maximum Gasteiger partial charge on any atom is 0.141 e. The smallest absolute Gasteiger partial charge is 0.141 e.